The van der Waals surface area contributed by atoms with Crippen LogP contribution in [-0.2, 0) is 0 Å². The predicted octanol–water partition coefficient (Wildman–Crippen LogP) is 3.63. The number of hydrogen-bond donors (Lipinski definition) is 0. The number of benzene rings is 1. The average molecular weight is 236 g/mol. The van der Waals surface area contributed by atoms with Crippen molar-refractivity contribution in [3.8, 4) is 6.07 Å². The fourth-order valence-electron chi connectivity index (χ4n) is 1.55. The molecule has 1 unspecified atom stereocenters. The van der Waals surface area contributed by atoms with Crippen LogP contribution in [0.15, 0.2) is 18.2 Å². The van der Waals surface area contributed by atoms with Gasteiger partial charge in [0.25, 0.3) is 0 Å². The van der Waals surface area contributed by atoms with E-state index in [9.17, 15) is 4.79 Å². The molecule has 84 valence electrons. The van der Waals surface area contributed by atoms with Gasteiger partial charge in [0.1, 0.15) is 5.92 Å². The summed E-state index contributed by atoms with van der Waals surface area (Å²) in [7, 11) is 0. The number of nitrogens with zero attached hydrogens (tertiary/aromatic N) is 1. The Bertz CT molecular complexity index is 446. The summed E-state index contributed by atoms with van der Waals surface area (Å²) in [4.78, 5) is 12.1. The first-order chi connectivity index (χ1) is 7.49. The summed E-state index contributed by atoms with van der Waals surface area (Å²) in [6, 6.07) is 7.25. The number of rotatable bonds is 3. The van der Waals surface area contributed by atoms with Crippen molar-refractivity contribution >= 4 is 17.4 Å². The third-order valence-electron chi connectivity index (χ3n) is 2.62. The van der Waals surface area contributed by atoms with E-state index >= 15 is 0 Å². The van der Waals surface area contributed by atoms with E-state index in [1.165, 1.54) is 0 Å². The Balaban J connectivity index is 3.15. The van der Waals surface area contributed by atoms with Gasteiger partial charge in [0, 0.05) is 10.6 Å². The van der Waals surface area contributed by atoms with Gasteiger partial charge in [-0.3, -0.25) is 4.79 Å². The second kappa shape index (κ2) is 5.14. The lowest BCUT2D eigenvalue weighted by Crippen LogP contribution is -2.19. The smallest absolute Gasteiger partial charge is 0.180 e. The van der Waals surface area contributed by atoms with Crippen molar-refractivity contribution in [2.75, 3.05) is 0 Å². The minimum absolute atomic E-state index is 0.0101. The summed E-state index contributed by atoms with van der Waals surface area (Å²) >= 11 is 5.95. The van der Waals surface area contributed by atoms with Crippen molar-refractivity contribution < 1.29 is 4.79 Å². The third-order valence-corrected chi connectivity index (χ3v) is 3.03. The molecule has 0 saturated carbocycles. The number of Topliss-reactive ketones (excluding diaryl/α,β-unsaturated/α-hetero) is 1. The highest BCUT2D eigenvalue weighted by molar-refractivity contribution is 6.31. The fourth-order valence-corrected chi connectivity index (χ4v) is 1.73. The highest BCUT2D eigenvalue weighted by atomic mass is 35.5. The summed E-state index contributed by atoms with van der Waals surface area (Å²) < 4.78 is 0. The fraction of sp³-hybridized carbons (Fsp3) is 0.385. The van der Waals surface area contributed by atoms with Gasteiger partial charge < -0.3 is 0 Å². The van der Waals surface area contributed by atoms with Crippen molar-refractivity contribution in [1.82, 2.24) is 0 Å². The average Bonchev–Trinajstić information content (AvgIpc) is 2.22. The highest BCUT2D eigenvalue weighted by Crippen LogP contribution is 2.23. The van der Waals surface area contributed by atoms with Gasteiger partial charge in [-0.15, -0.1) is 0 Å². The number of hydrogen-bond acceptors (Lipinski definition) is 2. The molecule has 0 spiro atoms. The molecule has 0 heterocycles. The maximum Gasteiger partial charge on any atom is 0.180 e. The summed E-state index contributed by atoms with van der Waals surface area (Å²) in [5, 5.41) is 9.55. The van der Waals surface area contributed by atoms with Crippen molar-refractivity contribution in [3.63, 3.8) is 0 Å². The lowest BCUT2D eigenvalue weighted by Gasteiger charge is -2.13. The molecule has 1 atom stereocenters. The topological polar surface area (TPSA) is 40.9 Å². The SMILES string of the molecule is Cc1c(Cl)cccc1C(=O)C(C#N)C(C)C. The van der Waals surface area contributed by atoms with E-state index in [0.29, 0.717) is 10.6 Å². The van der Waals surface area contributed by atoms with E-state index in [-0.39, 0.29) is 11.7 Å². The van der Waals surface area contributed by atoms with E-state index in [1.54, 1.807) is 25.1 Å². The summed E-state index contributed by atoms with van der Waals surface area (Å²) in [6.07, 6.45) is 0. The Morgan fingerprint density at radius 1 is 1.44 bits per heavy atom. The van der Waals surface area contributed by atoms with Crippen molar-refractivity contribution in [2.24, 2.45) is 11.8 Å². The second-order valence-electron chi connectivity index (χ2n) is 4.13. The lowest BCUT2D eigenvalue weighted by atomic mass is 9.88. The molecule has 0 N–H and O–H groups in total. The molecule has 0 saturated heterocycles. The molecular weight excluding hydrogens is 222 g/mol. The molecule has 1 aromatic rings. The lowest BCUT2D eigenvalue weighted by molar-refractivity contribution is 0.0924. The van der Waals surface area contributed by atoms with E-state index in [2.05, 4.69) is 6.07 Å². The van der Waals surface area contributed by atoms with Gasteiger partial charge in [0.05, 0.1) is 6.07 Å². The molecule has 0 radical (unpaired) electrons. The van der Waals surface area contributed by atoms with Crippen LogP contribution in [0.4, 0.5) is 0 Å². The van der Waals surface area contributed by atoms with E-state index < -0.39 is 5.92 Å². The van der Waals surface area contributed by atoms with Crippen LogP contribution < -0.4 is 0 Å². The van der Waals surface area contributed by atoms with Gasteiger partial charge in [-0.05, 0) is 24.5 Å². The van der Waals surface area contributed by atoms with Crippen LogP contribution >= 0.6 is 11.6 Å². The number of halogens is 1. The number of carbonyl (C=O) groups is 1. The maximum atomic E-state index is 12.1. The normalized spacial score (nSPS) is 12.2. The number of nitriles is 1. The molecule has 0 aliphatic rings. The molecule has 0 aromatic heterocycles. The standard InChI is InChI=1S/C13H14ClNO/c1-8(2)11(7-15)13(16)10-5-4-6-12(14)9(10)3/h4-6,8,11H,1-3H3. The van der Waals surface area contributed by atoms with Crippen LogP contribution in [-0.4, -0.2) is 5.78 Å². The maximum absolute atomic E-state index is 12.1. The molecule has 0 aliphatic heterocycles. The van der Waals surface area contributed by atoms with E-state index in [0.717, 1.165) is 5.56 Å². The predicted molar refractivity (Wildman–Crippen MR) is 64.5 cm³/mol. The van der Waals surface area contributed by atoms with Crippen LogP contribution in [0.25, 0.3) is 0 Å². The summed E-state index contributed by atoms with van der Waals surface area (Å²) in [5.41, 5.74) is 1.29. The Kier molecular flexibility index (Phi) is 4.09. The van der Waals surface area contributed by atoms with Crippen LogP contribution in [0, 0.1) is 30.1 Å². The van der Waals surface area contributed by atoms with Crippen molar-refractivity contribution in [1.29, 1.82) is 5.26 Å². The molecule has 0 fully saturated rings. The first-order valence-corrected chi connectivity index (χ1v) is 5.55. The van der Waals surface area contributed by atoms with Crippen LogP contribution in [0.3, 0.4) is 0 Å². The zero-order chi connectivity index (χ0) is 12.3. The Morgan fingerprint density at radius 3 is 2.56 bits per heavy atom. The molecule has 1 aromatic carbocycles. The van der Waals surface area contributed by atoms with Gasteiger partial charge in [-0.1, -0.05) is 37.6 Å². The van der Waals surface area contributed by atoms with Crippen LogP contribution in [0.1, 0.15) is 29.8 Å². The largest absolute Gasteiger partial charge is 0.293 e. The highest BCUT2D eigenvalue weighted by Gasteiger charge is 2.24. The molecule has 1 rings (SSSR count). The zero-order valence-electron chi connectivity index (χ0n) is 9.62. The second-order valence-corrected chi connectivity index (χ2v) is 4.53. The molecule has 0 aliphatic carbocycles. The first-order valence-electron chi connectivity index (χ1n) is 5.18. The van der Waals surface area contributed by atoms with Crippen molar-refractivity contribution in [2.45, 2.75) is 20.8 Å². The molecule has 0 bridgehead atoms. The summed E-state index contributed by atoms with van der Waals surface area (Å²) in [6.45, 7) is 5.53. The Labute approximate surface area is 101 Å². The number of carbonyl (C=O) groups excluding carboxylic acids is 1. The van der Waals surface area contributed by atoms with Gasteiger partial charge in [-0.2, -0.15) is 5.26 Å². The van der Waals surface area contributed by atoms with Crippen LogP contribution in [0.5, 0.6) is 0 Å². The first kappa shape index (κ1) is 12.7. The third kappa shape index (κ3) is 2.43. The monoisotopic (exact) mass is 235 g/mol. The quantitative estimate of drug-likeness (QED) is 0.751. The molecule has 2 nitrogen and oxygen atoms in total. The summed E-state index contributed by atoms with van der Waals surface area (Å²) in [5.74, 6) is -0.731. The van der Waals surface area contributed by atoms with Gasteiger partial charge in [0.15, 0.2) is 5.78 Å². The van der Waals surface area contributed by atoms with Crippen molar-refractivity contribution in [3.05, 3.63) is 34.3 Å². The van der Waals surface area contributed by atoms with Gasteiger partial charge in [-0.25, -0.2) is 0 Å². The molecule has 0 amide bonds. The van der Waals surface area contributed by atoms with E-state index in [1.807, 2.05) is 13.8 Å². The molecule has 3 heteroatoms. The molecule has 16 heavy (non-hydrogen) atoms. The van der Waals surface area contributed by atoms with Gasteiger partial charge >= 0.3 is 0 Å². The Morgan fingerprint density at radius 2 is 2.06 bits per heavy atom. The Hall–Kier alpha value is -1.33. The number of ketones is 1. The van der Waals surface area contributed by atoms with Crippen LogP contribution in [0.2, 0.25) is 5.02 Å². The van der Waals surface area contributed by atoms with E-state index in [4.69, 9.17) is 16.9 Å². The molecular formula is C13H14ClNO. The van der Waals surface area contributed by atoms with Gasteiger partial charge in [0.2, 0.25) is 0 Å². The minimum atomic E-state index is -0.600. The minimum Gasteiger partial charge on any atom is -0.293 e. The zero-order valence-corrected chi connectivity index (χ0v) is 10.4.